The van der Waals surface area contributed by atoms with E-state index in [0.29, 0.717) is 30.8 Å². The molecule has 0 bridgehead atoms. The van der Waals surface area contributed by atoms with Crippen molar-refractivity contribution in [3.8, 4) is 0 Å². The van der Waals surface area contributed by atoms with Gasteiger partial charge in [-0.25, -0.2) is 18.2 Å². The van der Waals surface area contributed by atoms with E-state index in [-0.39, 0.29) is 36.8 Å². The quantitative estimate of drug-likeness (QED) is 0.278. The van der Waals surface area contributed by atoms with E-state index in [0.717, 1.165) is 12.8 Å². The summed E-state index contributed by atoms with van der Waals surface area (Å²) in [7, 11) is 0. The van der Waals surface area contributed by atoms with Gasteiger partial charge in [0.1, 0.15) is 12.1 Å². The molecule has 0 radical (unpaired) electrons. The van der Waals surface area contributed by atoms with Crippen molar-refractivity contribution >= 4 is 41.1 Å². The Hall–Kier alpha value is -2.57. The molecule has 2 aliphatic carbocycles. The van der Waals surface area contributed by atoms with Crippen LogP contribution in [0.25, 0.3) is 0 Å². The molecule has 2 saturated heterocycles. The third kappa shape index (κ3) is 6.33. The number of hydrogen-bond acceptors (Lipinski definition) is 5. The molecule has 4 aliphatic rings. The zero-order valence-electron chi connectivity index (χ0n) is 22.6. The molecule has 40 heavy (non-hydrogen) atoms. The molecule has 0 aromatic rings. The molecular formula is C26H37ClF3N5O5. The first-order valence-corrected chi connectivity index (χ1v) is 14.4. The molecule has 3 N–H and O–H groups in total. The van der Waals surface area contributed by atoms with Crippen LogP contribution >= 0.6 is 11.6 Å². The lowest BCUT2D eigenvalue weighted by molar-refractivity contribution is -0.154. The van der Waals surface area contributed by atoms with Gasteiger partial charge in [0.05, 0.1) is 12.5 Å². The van der Waals surface area contributed by atoms with Crippen LogP contribution in [0.4, 0.5) is 13.2 Å². The fraction of sp³-hybridized carbons (Fsp3) is 0.808. The number of carbonyl (C=O) groups is 5. The molecule has 2 aliphatic heterocycles. The Balaban J connectivity index is 1.53. The van der Waals surface area contributed by atoms with E-state index in [4.69, 9.17) is 11.6 Å². The minimum Gasteiger partial charge on any atom is -0.356 e. The number of hydrazine groups is 1. The summed E-state index contributed by atoms with van der Waals surface area (Å²) in [6, 6.07) is -2.03. The highest BCUT2D eigenvalue weighted by Gasteiger charge is 2.53. The number of alkyl halides is 4. The maximum atomic E-state index is 13.9. The fourth-order valence-electron chi connectivity index (χ4n) is 6.39. The Morgan fingerprint density at radius 3 is 2.45 bits per heavy atom. The second-order valence-electron chi connectivity index (χ2n) is 11.6. The van der Waals surface area contributed by atoms with Gasteiger partial charge in [-0.05, 0) is 37.0 Å². The molecule has 0 spiro atoms. The zero-order valence-corrected chi connectivity index (χ0v) is 23.4. The molecule has 5 amide bonds. The van der Waals surface area contributed by atoms with E-state index in [9.17, 15) is 37.1 Å². The van der Waals surface area contributed by atoms with E-state index < -0.39 is 71.9 Å². The van der Waals surface area contributed by atoms with Crippen molar-refractivity contribution in [1.82, 2.24) is 26.0 Å². The van der Waals surface area contributed by atoms with Crippen molar-refractivity contribution in [2.24, 2.45) is 29.6 Å². The summed E-state index contributed by atoms with van der Waals surface area (Å²) < 4.78 is 40.6. The highest BCUT2D eigenvalue weighted by atomic mass is 35.5. The van der Waals surface area contributed by atoms with E-state index in [1.807, 2.05) is 6.92 Å². The van der Waals surface area contributed by atoms with E-state index in [1.165, 1.54) is 4.90 Å². The molecule has 14 heteroatoms. The predicted molar refractivity (Wildman–Crippen MR) is 137 cm³/mol. The topological polar surface area (TPSA) is 128 Å². The Morgan fingerprint density at radius 1 is 1.18 bits per heavy atom. The summed E-state index contributed by atoms with van der Waals surface area (Å²) in [5.74, 6) is -8.37. The first-order chi connectivity index (χ1) is 18.8. The maximum absolute atomic E-state index is 13.9. The van der Waals surface area contributed by atoms with Gasteiger partial charge in [-0.1, -0.05) is 38.3 Å². The molecule has 10 nitrogen and oxygen atoms in total. The standard InChI is InChI=1S/C26H37ClF3N5O5/c1-3-13(2)18(32-22(37)16-9-26(29,30)10-16)24(39)34-11-14-5-4-6-17(14)19(34)23(38)33-35(25(40)20(27)28)12-15-7-8-31-21(15)36/h13-20H,3-12H2,1-2H3,(H,31,36)(H,32,37)(H,33,38)/t13-,14+,15+,17+,18+,19+,20+/m1/s1. The number of carbonyl (C=O) groups excluding carboxylic acids is 5. The molecule has 0 unspecified atom stereocenters. The maximum Gasteiger partial charge on any atom is 0.291 e. The third-order valence-electron chi connectivity index (χ3n) is 8.94. The van der Waals surface area contributed by atoms with Crippen molar-refractivity contribution in [2.45, 2.75) is 82.4 Å². The van der Waals surface area contributed by atoms with Crippen LogP contribution in [0.1, 0.15) is 58.8 Å². The number of likely N-dealkylation sites (tertiary alicyclic amines) is 1. The van der Waals surface area contributed by atoms with E-state index >= 15 is 0 Å². The number of amides is 5. The molecule has 224 valence electrons. The molecule has 4 rings (SSSR count). The summed E-state index contributed by atoms with van der Waals surface area (Å²) in [5.41, 5.74) is -0.0206. The van der Waals surface area contributed by atoms with Gasteiger partial charge in [0.15, 0.2) is 0 Å². The van der Waals surface area contributed by atoms with Crippen LogP contribution < -0.4 is 16.1 Å². The monoisotopic (exact) mass is 591 g/mol. The second kappa shape index (κ2) is 12.1. The molecule has 2 saturated carbocycles. The largest absolute Gasteiger partial charge is 0.356 e. The summed E-state index contributed by atoms with van der Waals surface area (Å²) in [6.07, 6.45) is 2.05. The highest BCUT2D eigenvalue weighted by Crippen LogP contribution is 2.44. The Labute approximate surface area is 236 Å². The van der Waals surface area contributed by atoms with Crippen LogP contribution in [-0.4, -0.2) is 82.7 Å². The van der Waals surface area contributed by atoms with Gasteiger partial charge in [0.2, 0.25) is 23.6 Å². The van der Waals surface area contributed by atoms with E-state index in [1.54, 1.807) is 6.92 Å². The molecule has 2 heterocycles. The molecule has 7 atom stereocenters. The van der Waals surface area contributed by atoms with Gasteiger partial charge in [-0.3, -0.25) is 29.4 Å². The molecular weight excluding hydrogens is 555 g/mol. The summed E-state index contributed by atoms with van der Waals surface area (Å²) in [5, 5.41) is 6.00. The smallest absolute Gasteiger partial charge is 0.291 e. The summed E-state index contributed by atoms with van der Waals surface area (Å²) in [4.78, 5) is 66.3. The fourth-order valence-corrected chi connectivity index (χ4v) is 6.51. The first kappa shape index (κ1) is 30.4. The van der Waals surface area contributed by atoms with Crippen LogP contribution in [0.2, 0.25) is 0 Å². The number of fused-ring (bicyclic) bond motifs is 1. The Morgan fingerprint density at radius 2 is 1.88 bits per heavy atom. The van der Waals surface area contributed by atoms with Gasteiger partial charge in [0, 0.05) is 31.8 Å². The van der Waals surface area contributed by atoms with Crippen molar-refractivity contribution in [1.29, 1.82) is 0 Å². The van der Waals surface area contributed by atoms with Crippen LogP contribution in [0.3, 0.4) is 0 Å². The Kier molecular flexibility index (Phi) is 9.21. The number of rotatable bonds is 9. The van der Waals surface area contributed by atoms with Crippen molar-refractivity contribution in [2.75, 3.05) is 19.6 Å². The van der Waals surface area contributed by atoms with Crippen molar-refractivity contribution < 1.29 is 37.1 Å². The minimum absolute atomic E-state index is 0.0185. The Bertz CT molecular complexity index is 1020. The van der Waals surface area contributed by atoms with Crippen LogP contribution in [-0.2, 0) is 24.0 Å². The minimum atomic E-state index is -2.89. The van der Waals surface area contributed by atoms with Gasteiger partial charge in [-0.15, -0.1) is 0 Å². The summed E-state index contributed by atoms with van der Waals surface area (Å²) >= 11 is 5.40. The SMILES string of the molecule is CC[C@@H](C)[C@H](NC(=O)C1CC(F)(F)C1)C(=O)N1C[C@@H]2CCC[C@@H]2[C@H]1C(=O)NN(C[C@@H]1CCNC1=O)C(=O)[C@H](F)Cl. The average molecular weight is 592 g/mol. The third-order valence-corrected chi connectivity index (χ3v) is 9.13. The average Bonchev–Trinajstić information content (AvgIpc) is 3.60. The van der Waals surface area contributed by atoms with Crippen molar-refractivity contribution in [3.63, 3.8) is 0 Å². The lowest BCUT2D eigenvalue weighted by Crippen LogP contribution is -2.60. The van der Waals surface area contributed by atoms with Crippen LogP contribution in [0.5, 0.6) is 0 Å². The number of hydrogen-bond donors (Lipinski definition) is 3. The number of nitrogens with zero attached hydrogens (tertiary/aromatic N) is 2. The summed E-state index contributed by atoms with van der Waals surface area (Å²) in [6.45, 7) is 3.95. The number of nitrogens with one attached hydrogen (secondary N) is 3. The van der Waals surface area contributed by atoms with Gasteiger partial charge >= 0.3 is 0 Å². The lowest BCUT2D eigenvalue weighted by Gasteiger charge is -2.37. The van der Waals surface area contributed by atoms with Crippen LogP contribution in [0.15, 0.2) is 0 Å². The van der Waals surface area contributed by atoms with Crippen molar-refractivity contribution in [3.05, 3.63) is 0 Å². The normalized spacial score (nSPS) is 29.6. The van der Waals surface area contributed by atoms with Gasteiger partial charge < -0.3 is 15.5 Å². The molecule has 0 aromatic carbocycles. The predicted octanol–water partition coefficient (Wildman–Crippen LogP) is 1.72. The van der Waals surface area contributed by atoms with Gasteiger partial charge in [-0.2, -0.15) is 0 Å². The second-order valence-corrected chi connectivity index (χ2v) is 12.0. The number of halogens is 4. The lowest BCUT2D eigenvalue weighted by atomic mass is 9.80. The zero-order chi connectivity index (χ0) is 29.4. The van der Waals surface area contributed by atoms with Gasteiger partial charge in [0.25, 0.3) is 17.4 Å². The highest BCUT2D eigenvalue weighted by molar-refractivity contribution is 6.29. The first-order valence-electron chi connectivity index (χ1n) is 14.0. The molecule has 4 fully saturated rings. The van der Waals surface area contributed by atoms with E-state index in [2.05, 4.69) is 16.1 Å². The van der Waals surface area contributed by atoms with Crippen LogP contribution in [0, 0.1) is 29.6 Å². The molecule has 0 aromatic heterocycles.